The van der Waals surface area contributed by atoms with Gasteiger partial charge in [-0.2, -0.15) is 0 Å². The first-order valence-corrected chi connectivity index (χ1v) is 6.50. The van der Waals surface area contributed by atoms with E-state index in [1.54, 1.807) is 12.1 Å². The molecule has 2 N–H and O–H groups in total. The van der Waals surface area contributed by atoms with Crippen LogP contribution >= 0.6 is 0 Å². The molecule has 4 nitrogen and oxygen atoms in total. The summed E-state index contributed by atoms with van der Waals surface area (Å²) in [4.78, 5) is 10.9. The fourth-order valence-corrected chi connectivity index (χ4v) is 2.86. The third-order valence-electron chi connectivity index (χ3n) is 3.64. The van der Waals surface area contributed by atoms with E-state index in [9.17, 15) is 10.1 Å². The van der Waals surface area contributed by atoms with Crippen LogP contribution in [0.5, 0.6) is 0 Å². The Morgan fingerprint density at radius 1 is 1.37 bits per heavy atom. The summed E-state index contributed by atoms with van der Waals surface area (Å²) in [5.41, 5.74) is 2.21. The average Bonchev–Trinajstić information content (AvgIpc) is 2.38. The Hall–Kier alpha value is -1.94. The molecule has 1 aromatic rings. The fourth-order valence-electron chi connectivity index (χ4n) is 2.86. The van der Waals surface area contributed by atoms with Gasteiger partial charge in [-0.1, -0.05) is 24.3 Å². The quantitative estimate of drug-likeness (QED) is 0.501. The zero-order valence-electron chi connectivity index (χ0n) is 10.9. The van der Waals surface area contributed by atoms with Crippen molar-refractivity contribution in [2.75, 3.05) is 0 Å². The van der Waals surface area contributed by atoms with Crippen LogP contribution < -0.4 is 5.32 Å². The number of nitro benzene ring substituents is 1. The van der Waals surface area contributed by atoms with Gasteiger partial charge in [0, 0.05) is 36.5 Å². The predicted octanol–water partition coefficient (Wildman–Crippen LogP) is 2.28. The molecule has 1 aliphatic rings. The molecule has 0 radical (unpaired) electrons. The number of quaternary nitrogens is 1. The highest BCUT2D eigenvalue weighted by Gasteiger charge is 2.33. The van der Waals surface area contributed by atoms with Crippen LogP contribution in [0, 0.1) is 10.1 Å². The van der Waals surface area contributed by atoms with Gasteiger partial charge in [0.05, 0.1) is 11.0 Å². The first kappa shape index (κ1) is 13.5. The van der Waals surface area contributed by atoms with E-state index in [4.69, 9.17) is 0 Å². The number of nitrogens with zero attached hydrogens (tertiary/aromatic N) is 1. The molecule has 19 heavy (non-hydrogen) atoms. The lowest BCUT2D eigenvalue weighted by atomic mass is 9.86. The summed E-state index contributed by atoms with van der Waals surface area (Å²) in [6, 6.07) is 5.92. The second kappa shape index (κ2) is 5.80. The molecule has 2 rings (SSSR count). The van der Waals surface area contributed by atoms with Crippen molar-refractivity contribution in [2.45, 2.75) is 31.3 Å². The van der Waals surface area contributed by atoms with Crippen molar-refractivity contribution in [1.82, 2.24) is 0 Å². The lowest BCUT2D eigenvalue weighted by molar-refractivity contribution is -0.730. The maximum absolute atomic E-state index is 11.2. The molecule has 1 heterocycles. The second-order valence-corrected chi connectivity index (χ2v) is 4.91. The van der Waals surface area contributed by atoms with Crippen molar-refractivity contribution < 1.29 is 10.2 Å². The summed E-state index contributed by atoms with van der Waals surface area (Å²) < 4.78 is 0. The van der Waals surface area contributed by atoms with Gasteiger partial charge in [-0.15, -0.1) is 13.2 Å². The highest BCUT2D eigenvalue weighted by atomic mass is 16.6. The van der Waals surface area contributed by atoms with Crippen LogP contribution in [0.15, 0.2) is 43.5 Å². The summed E-state index contributed by atoms with van der Waals surface area (Å²) in [5, 5.41) is 13.4. The largest absolute Gasteiger partial charge is 0.337 e. The summed E-state index contributed by atoms with van der Waals surface area (Å²) in [5.74, 6) is 0. The van der Waals surface area contributed by atoms with Crippen LogP contribution in [-0.2, 0) is 6.42 Å². The Balaban J connectivity index is 2.44. The van der Waals surface area contributed by atoms with Crippen molar-refractivity contribution in [1.29, 1.82) is 0 Å². The number of nitrogens with two attached hydrogens (primary N) is 1. The molecular weight excluding hydrogens is 240 g/mol. The highest BCUT2D eigenvalue weighted by molar-refractivity contribution is 5.47. The molecule has 0 unspecified atom stereocenters. The molecule has 1 aromatic carbocycles. The number of hydrogen-bond donors (Lipinski definition) is 1. The van der Waals surface area contributed by atoms with Crippen LogP contribution in [-0.4, -0.2) is 11.0 Å². The Bertz CT molecular complexity index is 511. The van der Waals surface area contributed by atoms with E-state index in [0.29, 0.717) is 6.04 Å². The number of benzene rings is 1. The maximum atomic E-state index is 11.2. The van der Waals surface area contributed by atoms with E-state index in [1.165, 1.54) is 0 Å². The zero-order valence-corrected chi connectivity index (χ0v) is 10.9. The standard InChI is InChI=1S/C15H18N2O2/c1-3-6-11-10-13-12(14(16-11)7-4-2)8-5-9-15(13)17(18)19/h3-5,8-9,11,14,16H,1-2,6-7,10H2/p+1/t11-,14+/m1/s1. The minimum absolute atomic E-state index is 0.228. The van der Waals surface area contributed by atoms with E-state index >= 15 is 0 Å². The van der Waals surface area contributed by atoms with Gasteiger partial charge in [-0.25, -0.2) is 0 Å². The van der Waals surface area contributed by atoms with Gasteiger partial charge in [0.25, 0.3) is 5.69 Å². The molecule has 100 valence electrons. The molecule has 4 heteroatoms. The third kappa shape index (κ3) is 2.74. The van der Waals surface area contributed by atoms with Crippen LogP contribution in [0.4, 0.5) is 5.69 Å². The SMILES string of the molecule is C=CC[C@@H]1Cc2c(cccc2[N+](=O)[O-])[C@H](CC=C)[NH2+]1. The summed E-state index contributed by atoms with van der Waals surface area (Å²) >= 11 is 0. The van der Waals surface area contributed by atoms with Crippen molar-refractivity contribution in [2.24, 2.45) is 0 Å². The summed E-state index contributed by atoms with van der Waals surface area (Å²) in [6.45, 7) is 7.55. The molecule has 0 aromatic heterocycles. The third-order valence-corrected chi connectivity index (χ3v) is 3.64. The summed E-state index contributed by atoms with van der Waals surface area (Å²) in [6.07, 6.45) is 6.17. The molecule has 0 spiro atoms. The first-order valence-electron chi connectivity index (χ1n) is 6.50. The van der Waals surface area contributed by atoms with Crippen LogP contribution in [0.25, 0.3) is 0 Å². The van der Waals surface area contributed by atoms with E-state index in [-0.39, 0.29) is 16.7 Å². The lowest BCUT2D eigenvalue weighted by Crippen LogP contribution is -2.92. The van der Waals surface area contributed by atoms with E-state index in [0.717, 1.165) is 30.4 Å². The van der Waals surface area contributed by atoms with E-state index < -0.39 is 0 Å². The topological polar surface area (TPSA) is 59.8 Å². The smallest absolute Gasteiger partial charge is 0.273 e. The molecule has 0 bridgehead atoms. The highest BCUT2D eigenvalue weighted by Crippen LogP contribution is 2.31. The summed E-state index contributed by atoms with van der Waals surface area (Å²) in [7, 11) is 0. The second-order valence-electron chi connectivity index (χ2n) is 4.91. The van der Waals surface area contributed by atoms with Gasteiger partial charge >= 0.3 is 0 Å². The molecular formula is C15H19N2O2+. The first-order chi connectivity index (χ1) is 9.17. The fraction of sp³-hybridized carbons (Fsp3) is 0.333. The Kier molecular flexibility index (Phi) is 4.12. The van der Waals surface area contributed by atoms with Crippen molar-refractivity contribution >= 4 is 5.69 Å². The zero-order chi connectivity index (χ0) is 13.8. The van der Waals surface area contributed by atoms with E-state index in [2.05, 4.69) is 18.5 Å². The number of rotatable bonds is 5. The number of fused-ring (bicyclic) bond motifs is 1. The molecule has 0 aliphatic carbocycles. The molecule has 0 amide bonds. The monoisotopic (exact) mass is 259 g/mol. The predicted molar refractivity (Wildman–Crippen MR) is 74.9 cm³/mol. The number of nitro groups is 1. The normalized spacial score (nSPS) is 21.5. The van der Waals surface area contributed by atoms with Gasteiger partial charge in [-0.3, -0.25) is 10.1 Å². The maximum Gasteiger partial charge on any atom is 0.273 e. The van der Waals surface area contributed by atoms with Gasteiger partial charge < -0.3 is 5.32 Å². The number of hydrogen-bond acceptors (Lipinski definition) is 2. The lowest BCUT2D eigenvalue weighted by Gasteiger charge is -2.28. The molecule has 0 saturated heterocycles. The van der Waals surface area contributed by atoms with Crippen LogP contribution in [0.2, 0.25) is 0 Å². The Morgan fingerprint density at radius 2 is 2.11 bits per heavy atom. The average molecular weight is 259 g/mol. The molecule has 1 aliphatic heterocycles. The van der Waals surface area contributed by atoms with Crippen molar-refractivity contribution in [3.63, 3.8) is 0 Å². The van der Waals surface area contributed by atoms with Crippen molar-refractivity contribution in [3.05, 3.63) is 64.8 Å². The Labute approximate surface area is 113 Å². The van der Waals surface area contributed by atoms with E-state index in [1.807, 2.05) is 18.2 Å². The van der Waals surface area contributed by atoms with Gasteiger partial charge in [0.2, 0.25) is 0 Å². The Morgan fingerprint density at radius 3 is 2.74 bits per heavy atom. The van der Waals surface area contributed by atoms with Crippen LogP contribution in [0.1, 0.15) is 30.0 Å². The van der Waals surface area contributed by atoms with Crippen LogP contribution in [0.3, 0.4) is 0 Å². The molecule has 0 saturated carbocycles. The van der Waals surface area contributed by atoms with Gasteiger partial charge in [0.1, 0.15) is 6.04 Å². The van der Waals surface area contributed by atoms with Crippen molar-refractivity contribution in [3.8, 4) is 0 Å². The van der Waals surface area contributed by atoms with Gasteiger partial charge in [-0.05, 0) is 0 Å². The minimum atomic E-state index is -0.278. The minimum Gasteiger partial charge on any atom is -0.337 e. The van der Waals surface area contributed by atoms with Gasteiger partial charge in [0.15, 0.2) is 0 Å². The molecule has 0 fully saturated rings. The molecule has 2 atom stereocenters.